The minimum Gasteiger partial charge on any atom is -0.478 e. The summed E-state index contributed by atoms with van der Waals surface area (Å²) < 4.78 is 4.92. The summed E-state index contributed by atoms with van der Waals surface area (Å²) in [6.07, 6.45) is 2.36. The number of benzene rings is 1. The Hall–Kier alpha value is -4.48. The van der Waals surface area contributed by atoms with Gasteiger partial charge in [-0.2, -0.15) is 0 Å². The minimum absolute atomic E-state index is 0.000998. The molecule has 0 fully saturated rings. The molecule has 28 heavy (non-hydrogen) atoms. The molecule has 0 spiro atoms. The zero-order valence-electron chi connectivity index (χ0n) is 13.9. The third-order valence-electron chi connectivity index (χ3n) is 3.44. The fourth-order valence-electron chi connectivity index (χ4n) is 2.15. The molecule has 3 rings (SSSR count). The molecule has 2 aromatic heterocycles. The number of hydrogen-bond acceptors (Lipinski definition) is 9. The SMILES string of the molecule is O=C(O)c1ccc(Nc2ncnc(NNC(=O)c3ccco3)c2[N+](=O)[O-])cc1. The molecule has 12 nitrogen and oxygen atoms in total. The van der Waals surface area contributed by atoms with Gasteiger partial charge in [0.25, 0.3) is 0 Å². The summed E-state index contributed by atoms with van der Waals surface area (Å²) in [6.45, 7) is 0. The smallest absolute Gasteiger partial charge is 0.355 e. The number of rotatable bonds is 7. The summed E-state index contributed by atoms with van der Waals surface area (Å²) in [5.74, 6) is -2.17. The molecular formula is C16H12N6O6. The van der Waals surface area contributed by atoms with Gasteiger partial charge < -0.3 is 14.8 Å². The molecule has 0 bridgehead atoms. The molecule has 0 saturated heterocycles. The second-order valence-corrected chi connectivity index (χ2v) is 5.24. The summed E-state index contributed by atoms with van der Waals surface area (Å²) in [7, 11) is 0. The van der Waals surface area contributed by atoms with Crippen LogP contribution in [0.4, 0.5) is 23.0 Å². The zero-order chi connectivity index (χ0) is 20.1. The normalized spacial score (nSPS) is 10.1. The van der Waals surface area contributed by atoms with Gasteiger partial charge in [0.1, 0.15) is 6.33 Å². The van der Waals surface area contributed by atoms with Crippen LogP contribution in [0, 0.1) is 10.1 Å². The Balaban J connectivity index is 1.81. The third-order valence-corrected chi connectivity index (χ3v) is 3.44. The minimum atomic E-state index is -1.10. The molecule has 0 aliphatic carbocycles. The first-order valence-corrected chi connectivity index (χ1v) is 7.65. The van der Waals surface area contributed by atoms with Gasteiger partial charge in [-0.25, -0.2) is 14.8 Å². The Kier molecular flexibility index (Phi) is 5.12. The van der Waals surface area contributed by atoms with E-state index in [1.54, 1.807) is 0 Å². The van der Waals surface area contributed by atoms with Gasteiger partial charge in [0.2, 0.25) is 11.6 Å². The molecule has 0 aliphatic heterocycles. The van der Waals surface area contributed by atoms with Gasteiger partial charge in [0, 0.05) is 5.69 Å². The van der Waals surface area contributed by atoms with Crippen LogP contribution >= 0.6 is 0 Å². The van der Waals surface area contributed by atoms with Crippen LogP contribution in [0.25, 0.3) is 0 Å². The van der Waals surface area contributed by atoms with Crippen LogP contribution < -0.4 is 16.2 Å². The van der Waals surface area contributed by atoms with E-state index in [2.05, 4.69) is 26.1 Å². The Bertz CT molecular complexity index is 1020. The monoisotopic (exact) mass is 384 g/mol. The maximum Gasteiger partial charge on any atom is 0.355 e. The number of aromatic carboxylic acids is 1. The largest absolute Gasteiger partial charge is 0.478 e. The number of hydrazine groups is 1. The summed E-state index contributed by atoms with van der Waals surface area (Å²) in [5.41, 5.74) is 4.51. The molecular weight excluding hydrogens is 372 g/mol. The Morgan fingerprint density at radius 3 is 2.43 bits per heavy atom. The molecule has 1 aromatic carbocycles. The molecule has 12 heteroatoms. The predicted octanol–water partition coefficient (Wildman–Crippen LogP) is 2.18. The van der Waals surface area contributed by atoms with Crippen LogP contribution in [0.1, 0.15) is 20.9 Å². The second-order valence-electron chi connectivity index (χ2n) is 5.24. The van der Waals surface area contributed by atoms with Crippen molar-refractivity contribution in [2.75, 3.05) is 10.7 Å². The van der Waals surface area contributed by atoms with Crippen LogP contribution in [0.2, 0.25) is 0 Å². The van der Waals surface area contributed by atoms with Crippen molar-refractivity contribution >= 4 is 34.9 Å². The van der Waals surface area contributed by atoms with Crippen LogP contribution in [0.5, 0.6) is 0 Å². The summed E-state index contributed by atoms with van der Waals surface area (Å²) in [5, 5.41) is 23.1. The fraction of sp³-hybridized carbons (Fsp3) is 0. The van der Waals surface area contributed by atoms with Gasteiger partial charge in [0.15, 0.2) is 5.76 Å². The van der Waals surface area contributed by atoms with E-state index in [1.165, 1.54) is 42.7 Å². The quantitative estimate of drug-likeness (QED) is 0.349. The number of furan rings is 1. The Labute approximate surface area is 156 Å². The van der Waals surface area contributed by atoms with E-state index in [4.69, 9.17) is 9.52 Å². The lowest BCUT2D eigenvalue weighted by atomic mass is 10.2. The van der Waals surface area contributed by atoms with Gasteiger partial charge in [-0.15, -0.1) is 0 Å². The molecule has 1 amide bonds. The third kappa shape index (κ3) is 4.01. The van der Waals surface area contributed by atoms with Crippen molar-refractivity contribution in [3.05, 3.63) is 70.4 Å². The lowest BCUT2D eigenvalue weighted by Gasteiger charge is -2.10. The Morgan fingerprint density at radius 2 is 1.82 bits per heavy atom. The van der Waals surface area contributed by atoms with Gasteiger partial charge in [-0.3, -0.25) is 25.8 Å². The summed E-state index contributed by atoms with van der Waals surface area (Å²) in [4.78, 5) is 41.1. The van der Waals surface area contributed by atoms with E-state index >= 15 is 0 Å². The van der Waals surface area contributed by atoms with Crippen molar-refractivity contribution < 1.29 is 24.0 Å². The van der Waals surface area contributed by atoms with Crippen molar-refractivity contribution in [1.29, 1.82) is 0 Å². The molecule has 2 heterocycles. The number of amides is 1. The number of anilines is 3. The lowest BCUT2D eigenvalue weighted by molar-refractivity contribution is -0.383. The zero-order valence-corrected chi connectivity index (χ0v) is 13.9. The molecule has 0 atom stereocenters. The van der Waals surface area contributed by atoms with E-state index in [9.17, 15) is 19.7 Å². The topological polar surface area (TPSA) is 173 Å². The standard InChI is InChI=1S/C16H12N6O6/c23-15(11-2-1-7-28-11)21-20-14-12(22(26)27)13(17-8-18-14)19-10-5-3-9(4-6-10)16(24)25/h1-8H,(H,21,23)(H,24,25)(H2,17,18,19,20). The number of carboxylic acid groups (broad SMARTS) is 1. The van der Waals surface area contributed by atoms with Crippen LogP contribution in [-0.4, -0.2) is 31.9 Å². The molecule has 3 aromatic rings. The highest BCUT2D eigenvalue weighted by molar-refractivity contribution is 5.92. The number of nitrogens with one attached hydrogen (secondary N) is 3. The van der Waals surface area contributed by atoms with Gasteiger partial charge in [-0.05, 0) is 36.4 Å². The highest BCUT2D eigenvalue weighted by Gasteiger charge is 2.24. The van der Waals surface area contributed by atoms with Crippen molar-refractivity contribution in [3.8, 4) is 0 Å². The highest BCUT2D eigenvalue weighted by atomic mass is 16.6. The second kappa shape index (κ2) is 7.82. The van der Waals surface area contributed by atoms with Crippen molar-refractivity contribution in [3.63, 3.8) is 0 Å². The van der Waals surface area contributed by atoms with E-state index in [0.29, 0.717) is 5.69 Å². The number of nitro groups is 1. The number of carboxylic acids is 1. The summed E-state index contributed by atoms with van der Waals surface area (Å²) in [6, 6.07) is 8.46. The average Bonchev–Trinajstić information content (AvgIpc) is 3.21. The average molecular weight is 384 g/mol. The maximum atomic E-state index is 11.9. The number of carbonyl (C=O) groups is 2. The molecule has 0 unspecified atom stereocenters. The first-order chi connectivity index (χ1) is 13.5. The van der Waals surface area contributed by atoms with Crippen LogP contribution in [0.3, 0.4) is 0 Å². The molecule has 0 saturated carbocycles. The fourth-order valence-corrected chi connectivity index (χ4v) is 2.15. The summed E-state index contributed by atoms with van der Waals surface area (Å²) >= 11 is 0. The first-order valence-electron chi connectivity index (χ1n) is 7.65. The predicted molar refractivity (Wildman–Crippen MR) is 95.2 cm³/mol. The van der Waals surface area contributed by atoms with Crippen molar-refractivity contribution in [1.82, 2.24) is 15.4 Å². The highest BCUT2D eigenvalue weighted by Crippen LogP contribution is 2.30. The van der Waals surface area contributed by atoms with Crippen molar-refractivity contribution in [2.45, 2.75) is 0 Å². The van der Waals surface area contributed by atoms with Crippen molar-refractivity contribution in [2.24, 2.45) is 0 Å². The molecule has 0 aliphatic rings. The maximum absolute atomic E-state index is 11.9. The van der Waals surface area contributed by atoms with E-state index in [-0.39, 0.29) is 23.0 Å². The lowest BCUT2D eigenvalue weighted by Crippen LogP contribution is -2.30. The molecule has 0 radical (unpaired) electrons. The van der Waals surface area contributed by atoms with Crippen LogP contribution in [0.15, 0.2) is 53.4 Å². The number of nitrogens with zero attached hydrogens (tertiary/aromatic N) is 3. The van der Waals surface area contributed by atoms with Gasteiger partial charge in [-0.1, -0.05) is 0 Å². The van der Waals surface area contributed by atoms with Crippen LogP contribution in [-0.2, 0) is 0 Å². The van der Waals surface area contributed by atoms with E-state index < -0.39 is 22.5 Å². The van der Waals surface area contributed by atoms with Gasteiger partial charge >= 0.3 is 17.6 Å². The first kappa shape index (κ1) is 18.3. The Morgan fingerprint density at radius 1 is 1.11 bits per heavy atom. The van der Waals surface area contributed by atoms with Gasteiger partial charge in [0.05, 0.1) is 16.7 Å². The number of aromatic nitrogens is 2. The number of carbonyl (C=O) groups excluding carboxylic acids is 1. The molecule has 4 N–H and O–H groups in total. The number of hydrogen-bond donors (Lipinski definition) is 4. The molecule has 142 valence electrons. The van der Waals surface area contributed by atoms with E-state index in [1.807, 2.05) is 0 Å². The van der Waals surface area contributed by atoms with E-state index in [0.717, 1.165) is 6.33 Å².